The van der Waals surface area contributed by atoms with Gasteiger partial charge in [0.2, 0.25) is 6.79 Å². The lowest BCUT2D eigenvalue weighted by Gasteiger charge is -2.28. The maximum atomic E-state index is 5.39. The van der Waals surface area contributed by atoms with E-state index >= 15 is 0 Å². The predicted octanol–water partition coefficient (Wildman–Crippen LogP) is 3.41. The molecule has 0 bridgehead atoms. The van der Waals surface area contributed by atoms with E-state index < -0.39 is 0 Å². The molecule has 1 aromatic carbocycles. The SMILES string of the molecule is CC1CCCC(Nc2ccc3c(c2)OCO3)C1. The molecule has 2 unspecified atom stereocenters. The van der Waals surface area contributed by atoms with Gasteiger partial charge in [0.25, 0.3) is 0 Å². The summed E-state index contributed by atoms with van der Waals surface area (Å²) in [5, 5.41) is 3.61. The molecule has 3 rings (SSSR count). The zero-order valence-electron chi connectivity index (χ0n) is 10.2. The zero-order valence-corrected chi connectivity index (χ0v) is 10.2. The summed E-state index contributed by atoms with van der Waals surface area (Å²) in [7, 11) is 0. The van der Waals surface area contributed by atoms with Crippen molar-refractivity contribution < 1.29 is 9.47 Å². The Labute approximate surface area is 102 Å². The van der Waals surface area contributed by atoms with Gasteiger partial charge in [-0.15, -0.1) is 0 Å². The summed E-state index contributed by atoms with van der Waals surface area (Å²) < 4.78 is 10.7. The van der Waals surface area contributed by atoms with Gasteiger partial charge in [-0.05, 0) is 30.9 Å². The number of rotatable bonds is 2. The Morgan fingerprint density at radius 2 is 2.06 bits per heavy atom. The molecule has 0 radical (unpaired) electrons. The monoisotopic (exact) mass is 233 g/mol. The van der Waals surface area contributed by atoms with E-state index in [0.717, 1.165) is 23.1 Å². The minimum absolute atomic E-state index is 0.346. The molecule has 3 heteroatoms. The Kier molecular flexibility index (Phi) is 2.83. The van der Waals surface area contributed by atoms with Crippen molar-refractivity contribution in [1.82, 2.24) is 0 Å². The minimum atomic E-state index is 0.346. The van der Waals surface area contributed by atoms with Crippen molar-refractivity contribution in [3.8, 4) is 11.5 Å². The predicted molar refractivity (Wildman–Crippen MR) is 67.6 cm³/mol. The summed E-state index contributed by atoms with van der Waals surface area (Å²) in [6, 6.07) is 6.71. The van der Waals surface area contributed by atoms with Crippen molar-refractivity contribution in [2.24, 2.45) is 5.92 Å². The van der Waals surface area contributed by atoms with Crippen LogP contribution in [0.5, 0.6) is 11.5 Å². The normalized spacial score (nSPS) is 26.9. The lowest BCUT2D eigenvalue weighted by atomic mass is 9.87. The van der Waals surface area contributed by atoms with Crippen LogP contribution < -0.4 is 14.8 Å². The molecule has 1 heterocycles. The van der Waals surface area contributed by atoms with Crippen LogP contribution in [0.3, 0.4) is 0 Å². The lowest BCUT2D eigenvalue weighted by molar-refractivity contribution is 0.174. The number of ether oxygens (including phenoxy) is 2. The number of anilines is 1. The average molecular weight is 233 g/mol. The third kappa shape index (κ3) is 2.33. The third-order valence-corrected chi connectivity index (χ3v) is 3.68. The standard InChI is InChI=1S/C14H19NO2/c1-10-3-2-4-11(7-10)15-12-5-6-13-14(8-12)17-9-16-13/h5-6,8,10-11,15H,2-4,7,9H2,1H3. The van der Waals surface area contributed by atoms with Gasteiger partial charge in [0.1, 0.15) is 0 Å². The van der Waals surface area contributed by atoms with Gasteiger partial charge in [-0.25, -0.2) is 0 Å². The second-order valence-electron chi connectivity index (χ2n) is 5.18. The molecule has 1 saturated carbocycles. The highest BCUT2D eigenvalue weighted by Crippen LogP contribution is 2.35. The molecule has 0 aromatic heterocycles. The molecule has 1 fully saturated rings. The first kappa shape index (κ1) is 10.8. The molecule has 0 saturated heterocycles. The molecule has 0 amide bonds. The van der Waals surface area contributed by atoms with Crippen molar-refractivity contribution in [2.75, 3.05) is 12.1 Å². The minimum Gasteiger partial charge on any atom is -0.454 e. The van der Waals surface area contributed by atoms with Gasteiger partial charge in [-0.2, -0.15) is 0 Å². The number of hydrogen-bond acceptors (Lipinski definition) is 3. The van der Waals surface area contributed by atoms with E-state index in [-0.39, 0.29) is 0 Å². The van der Waals surface area contributed by atoms with Crippen LogP contribution in [0.15, 0.2) is 18.2 Å². The fourth-order valence-electron chi connectivity index (χ4n) is 2.79. The van der Waals surface area contributed by atoms with Crippen molar-refractivity contribution in [2.45, 2.75) is 38.6 Å². The van der Waals surface area contributed by atoms with E-state index in [9.17, 15) is 0 Å². The maximum Gasteiger partial charge on any atom is 0.231 e. The second kappa shape index (κ2) is 4.47. The number of nitrogens with one attached hydrogen (secondary N) is 1. The molecule has 17 heavy (non-hydrogen) atoms. The average Bonchev–Trinajstić information content (AvgIpc) is 2.76. The molecule has 1 N–H and O–H groups in total. The fraction of sp³-hybridized carbons (Fsp3) is 0.571. The molecule has 0 spiro atoms. The topological polar surface area (TPSA) is 30.5 Å². The van der Waals surface area contributed by atoms with Crippen molar-refractivity contribution in [1.29, 1.82) is 0 Å². The Bertz CT molecular complexity index is 405. The highest BCUT2D eigenvalue weighted by molar-refractivity contribution is 5.56. The first-order valence-corrected chi connectivity index (χ1v) is 6.47. The second-order valence-corrected chi connectivity index (χ2v) is 5.18. The lowest BCUT2D eigenvalue weighted by Crippen LogP contribution is -2.26. The van der Waals surface area contributed by atoms with E-state index in [2.05, 4.69) is 18.3 Å². The quantitative estimate of drug-likeness (QED) is 0.849. The Balaban J connectivity index is 1.68. The third-order valence-electron chi connectivity index (χ3n) is 3.68. The van der Waals surface area contributed by atoms with Crippen LogP contribution in [-0.4, -0.2) is 12.8 Å². The van der Waals surface area contributed by atoms with Gasteiger partial charge in [0.05, 0.1) is 0 Å². The Morgan fingerprint density at radius 1 is 1.18 bits per heavy atom. The van der Waals surface area contributed by atoms with Crippen LogP contribution in [0.2, 0.25) is 0 Å². The summed E-state index contributed by atoms with van der Waals surface area (Å²) in [4.78, 5) is 0. The fourth-order valence-corrected chi connectivity index (χ4v) is 2.79. The highest BCUT2D eigenvalue weighted by Gasteiger charge is 2.19. The van der Waals surface area contributed by atoms with Gasteiger partial charge < -0.3 is 14.8 Å². The van der Waals surface area contributed by atoms with E-state index in [0.29, 0.717) is 12.8 Å². The van der Waals surface area contributed by atoms with Crippen LogP contribution in [0.1, 0.15) is 32.6 Å². The number of hydrogen-bond donors (Lipinski definition) is 1. The zero-order chi connectivity index (χ0) is 11.7. The molecule has 2 atom stereocenters. The van der Waals surface area contributed by atoms with Crippen molar-refractivity contribution in [3.63, 3.8) is 0 Å². The van der Waals surface area contributed by atoms with Gasteiger partial charge in [-0.1, -0.05) is 19.8 Å². The smallest absolute Gasteiger partial charge is 0.231 e. The number of fused-ring (bicyclic) bond motifs is 1. The molecular weight excluding hydrogens is 214 g/mol. The van der Waals surface area contributed by atoms with E-state index in [1.54, 1.807) is 0 Å². The molecule has 92 valence electrons. The maximum absolute atomic E-state index is 5.39. The van der Waals surface area contributed by atoms with Crippen LogP contribution in [0.25, 0.3) is 0 Å². The highest BCUT2D eigenvalue weighted by atomic mass is 16.7. The van der Waals surface area contributed by atoms with Gasteiger partial charge in [0, 0.05) is 17.8 Å². The van der Waals surface area contributed by atoms with Crippen LogP contribution >= 0.6 is 0 Å². The summed E-state index contributed by atoms with van der Waals surface area (Å²) in [5.74, 6) is 2.56. The summed E-state index contributed by atoms with van der Waals surface area (Å²) in [6.07, 6.45) is 5.26. The molecule has 1 aliphatic heterocycles. The molecule has 1 aromatic rings. The van der Waals surface area contributed by atoms with Crippen molar-refractivity contribution >= 4 is 5.69 Å². The van der Waals surface area contributed by atoms with Crippen molar-refractivity contribution in [3.05, 3.63) is 18.2 Å². The van der Waals surface area contributed by atoms with Crippen LogP contribution in [0, 0.1) is 5.92 Å². The molecular formula is C14H19NO2. The largest absolute Gasteiger partial charge is 0.454 e. The van der Waals surface area contributed by atoms with Gasteiger partial charge in [-0.3, -0.25) is 0 Å². The van der Waals surface area contributed by atoms with Crippen LogP contribution in [0.4, 0.5) is 5.69 Å². The Morgan fingerprint density at radius 3 is 2.94 bits per heavy atom. The van der Waals surface area contributed by atoms with Gasteiger partial charge >= 0.3 is 0 Å². The molecule has 1 aliphatic carbocycles. The van der Waals surface area contributed by atoms with E-state index in [1.807, 2.05) is 12.1 Å². The van der Waals surface area contributed by atoms with E-state index in [4.69, 9.17) is 9.47 Å². The summed E-state index contributed by atoms with van der Waals surface area (Å²) in [6.45, 7) is 2.69. The summed E-state index contributed by atoms with van der Waals surface area (Å²) in [5.41, 5.74) is 1.15. The van der Waals surface area contributed by atoms with E-state index in [1.165, 1.54) is 25.7 Å². The first-order valence-electron chi connectivity index (χ1n) is 6.47. The molecule has 2 aliphatic rings. The van der Waals surface area contributed by atoms with Gasteiger partial charge in [0.15, 0.2) is 11.5 Å². The molecule has 3 nitrogen and oxygen atoms in total. The Hall–Kier alpha value is -1.38. The summed E-state index contributed by atoms with van der Waals surface area (Å²) >= 11 is 0. The number of benzene rings is 1. The first-order chi connectivity index (χ1) is 8.31. The van der Waals surface area contributed by atoms with Crippen LogP contribution in [-0.2, 0) is 0 Å².